The average Bonchev–Trinajstić information content (AvgIpc) is 3.15. The second-order valence-corrected chi connectivity index (χ2v) is 9.48. The molecular weight excluding hydrogens is 416 g/mol. The first-order valence-corrected chi connectivity index (χ1v) is 12.3. The molecule has 1 aromatic carbocycles. The Balaban J connectivity index is 1.13. The van der Waals surface area contributed by atoms with E-state index in [0.29, 0.717) is 6.54 Å². The minimum atomic E-state index is -0.237. The first kappa shape index (κ1) is 22.2. The molecule has 176 valence electrons. The Kier molecular flexibility index (Phi) is 6.78. The lowest BCUT2D eigenvalue weighted by molar-refractivity contribution is 0.0260. The Bertz CT molecular complexity index is 920. The second kappa shape index (κ2) is 10.1. The molecule has 0 radical (unpaired) electrons. The van der Waals surface area contributed by atoms with Crippen LogP contribution in [0.4, 0.5) is 10.6 Å². The number of rotatable bonds is 7. The number of hydrogen-bond acceptors (Lipinski definition) is 6. The van der Waals surface area contributed by atoms with Crippen LogP contribution in [0, 0.1) is 0 Å². The van der Waals surface area contributed by atoms with Gasteiger partial charge in [-0.3, -0.25) is 9.80 Å². The Labute approximate surface area is 196 Å². The summed E-state index contributed by atoms with van der Waals surface area (Å²) in [6, 6.07) is 12.5. The molecule has 33 heavy (non-hydrogen) atoms. The van der Waals surface area contributed by atoms with E-state index < -0.39 is 0 Å². The summed E-state index contributed by atoms with van der Waals surface area (Å²) < 4.78 is 11.2. The van der Waals surface area contributed by atoms with E-state index in [1.165, 1.54) is 6.42 Å². The monoisotopic (exact) mass is 450 g/mol. The summed E-state index contributed by atoms with van der Waals surface area (Å²) >= 11 is 0. The van der Waals surface area contributed by atoms with Crippen molar-refractivity contribution in [3.8, 4) is 11.1 Å². The van der Waals surface area contributed by atoms with Gasteiger partial charge in [-0.15, -0.1) is 0 Å². The molecule has 1 saturated carbocycles. The van der Waals surface area contributed by atoms with Crippen LogP contribution in [0.1, 0.15) is 37.7 Å². The van der Waals surface area contributed by atoms with Gasteiger partial charge in [0.15, 0.2) is 0 Å². The molecule has 1 aromatic heterocycles. The van der Waals surface area contributed by atoms with Gasteiger partial charge in [0.25, 0.3) is 0 Å². The van der Waals surface area contributed by atoms with Crippen LogP contribution in [-0.4, -0.2) is 72.4 Å². The molecule has 0 bridgehead atoms. The number of hydrogen-bond donors (Lipinski definition) is 1. The average molecular weight is 451 g/mol. The van der Waals surface area contributed by atoms with Gasteiger partial charge in [0.1, 0.15) is 11.4 Å². The summed E-state index contributed by atoms with van der Waals surface area (Å²) in [6.07, 6.45) is 7.32. The lowest BCUT2D eigenvalue weighted by Crippen LogP contribution is -2.39. The van der Waals surface area contributed by atoms with Crippen molar-refractivity contribution in [1.29, 1.82) is 0 Å². The molecular formula is C26H34N4O3. The highest BCUT2D eigenvalue weighted by Crippen LogP contribution is 2.37. The number of carbonyl (C=O) groups excluding carboxylic acids is 1. The van der Waals surface area contributed by atoms with Crippen molar-refractivity contribution >= 4 is 11.9 Å². The normalized spacial score (nSPS) is 20.7. The Morgan fingerprint density at radius 2 is 1.73 bits per heavy atom. The number of ether oxygens (including phenoxy) is 2. The third kappa shape index (κ3) is 5.47. The van der Waals surface area contributed by atoms with Crippen LogP contribution in [0.3, 0.4) is 0 Å². The van der Waals surface area contributed by atoms with Crippen LogP contribution < -0.4 is 5.32 Å². The summed E-state index contributed by atoms with van der Waals surface area (Å²) in [4.78, 5) is 21.3. The topological polar surface area (TPSA) is 66.9 Å². The first-order valence-electron chi connectivity index (χ1n) is 12.3. The zero-order valence-electron chi connectivity index (χ0n) is 19.3. The largest absolute Gasteiger partial charge is 0.441 e. The minimum absolute atomic E-state index is 0.165. The van der Waals surface area contributed by atoms with E-state index in [9.17, 15) is 4.79 Å². The van der Waals surface area contributed by atoms with Crippen molar-refractivity contribution in [3.63, 3.8) is 0 Å². The van der Waals surface area contributed by atoms with Gasteiger partial charge in [-0.2, -0.15) is 0 Å². The second-order valence-electron chi connectivity index (χ2n) is 9.48. The van der Waals surface area contributed by atoms with Gasteiger partial charge in [-0.25, -0.2) is 9.78 Å². The van der Waals surface area contributed by atoms with Crippen LogP contribution >= 0.6 is 0 Å². The van der Waals surface area contributed by atoms with Gasteiger partial charge in [-0.1, -0.05) is 30.7 Å². The predicted molar refractivity (Wildman–Crippen MR) is 128 cm³/mol. The Morgan fingerprint density at radius 3 is 2.45 bits per heavy atom. The lowest BCUT2D eigenvalue weighted by Gasteiger charge is -2.30. The fourth-order valence-corrected chi connectivity index (χ4v) is 5.13. The van der Waals surface area contributed by atoms with Crippen LogP contribution in [0.15, 0.2) is 42.6 Å². The van der Waals surface area contributed by atoms with E-state index >= 15 is 0 Å². The first-order chi connectivity index (χ1) is 16.2. The van der Waals surface area contributed by atoms with Crippen molar-refractivity contribution < 1.29 is 14.3 Å². The molecule has 1 spiro atoms. The Hall–Kier alpha value is -2.64. The number of benzene rings is 1. The van der Waals surface area contributed by atoms with E-state index in [-0.39, 0.29) is 11.7 Å². The van der Waals surface area contributed by atoms with E-state index in [1.807, 2.05) is 17.2 Å². The zero-order chi connectivity index (χ0) is 22.5. The molecule has 2 saturated heterocycles. The maximum absolute atomic E-state index is 12.4. The predicted octanol–water partition coefficient (Wildman–Crippen LogP) is 4.15. The maximum atomic E-state index is 12.4. The van der Waals surface area contributed by atoms with Crippen molar-refractivity contribution in [3.05, 3.63) is 48.2 Å². The molecule has 5 rings (SSSR count). The molecule has 2 aromatic rings. The summed E-state index contributed by atoms with van der Waals surface area (Å²) in [5.41, 5.74) is 3.10. The van der Waals surface area contributed by atoms with Gasteiger partial charge in [0.05, 0.1) is 19.8 Å². The number of aromatic nitrogens is 1. The maximum Gasteiger partial charge on any atom is 0.410 e. The number of pyridine rings is 1. The summed E-state index contributed by atoms with van der Waals surface area (Å²) in [7, 11) is 0. The number of anilines is 1. The van der Waals surface area contributed by atoms with E-state index in [1.54, 1.807) is 0 Å². The van der Waals surface area contributed by atoms with Gasteiger partial charge in [0.2, 0.25) is 0 Å². The fourth-order valence-electron chi connectivity index (χ4n) is 5.13. The standard InChI is InChI=1S/C26H34N4O3/c31-25-30(20-26(33-25)10-2-1-3-11-26)19-21-4-6-22(7-5-21)23-8-9-24(28-18-23)27-12-13-29-14-16-32-17-15-29/h4-9,18H,1-3,10-17,19-20H2,(H,27,28). The summed E-state index contributed by atoms with van der Waals surface area (Å²) in [5, 5.41) is 3.41. The van der Waals surface area contributed by atoms with Crippen molar-refractivity contribution in [2.75, 3.05) is 51.3 Å². The van der Waals surface area contributed by atoms with Crippen molar-refractivity contribution in [2.24, 2.45) is 0 Å². The number of nitrogens with one attached hydrogen (secondary N) is 1. The van der Waals surface area contributed by atoms with E-state index in [4.69, 9.17) is 9.47 Å². The molecule has 1 amide bonds. The van der Waals surface area contributed by atoms with E-state index in [2.05, 4.69) is 45.5 Å². The van der Waals surface area contributed by atoms with E-state index in [0.717, 1.165) is 94.1 Å². The zero-order valence-corrected chi connectivity index (χ0v) is 19.3. The van der Waals surface area contributed by atoms with Gasteiger partial charge in [0, 0.05) is 44.5 Å². The third-order valence-electron chi connectivity index (χ3n) is 7.07. The third-order valence-corrected chi connectivity index (χ3v) is 7.07. The fraction of sp³-hybridized carbons (Fsp3) is 0.538. The smallest absolute Gasteiger partial charge is 0.410 e. The molecule has 1 aliphatic carbocycles. The molecule has 0 unspecified atom stereocenters. The summed E-state index contributed by atoms with van der Waals surface area (Å²) in [6.45, 7) is 6.86. The van der Waals surface area contributed by atoms with Gasteiger partial charge < -0.3 is 14.8 Å². The highest BCUT2D eigenvalue weighted by Gasteiger charge is 2.45. The molecule has 7 heteroatoms. The molecule has 2 aliphatic heterocycles. The number of carbonyl (C=O) groups is 1. The van der Waals surface area contributed by atoms with Crippen LogP contribution in [0.25, 0.3) is 11.1 Å². The lowest BCUT2D eigenvalue weighted by atomic mass is 9.85. The Morgan fingerprint density at radius 1 is 0.970 bits per heavy atom. The number of amides is 1. The number of morpholine rings is 1. The highest BCUT2D eigenvalue weighted by molar-refractivity contribution is 5.71. The molecule has 3 fully saturated rings. The van der Waals surface area contributed by atoms with Gasteiger partial charge >= 0.3 is 6.09 Å². The molecule has 3 heterocycles. The molecule has 1 N–H and O–H groups in total. The van der Waals surface area contributed by atoms with Crippen LogP contribution in [0.2, 0.25) is 0 Å². The molecule has 0 atom stereocenters. The molecule has 3 aliphatic rings. The molecule has 7 nitrogen and oxygen atoms in total. The van der Waals surface area contributed by atoms with Crippen LogP contribution in [0.5, 0.6) is 0 Å². The number of nitrogens with zero attached hydrogens (tertiary/aromatic N) is 3. The minimum Gasteiger partial charge on any atom is -0.441 e. The van der Waals surface area contributed by atoms with Crippen LogP contribution in [-0.2, 0) is 16.0 Å². The summed E-state index contributed by atoms with van der Waals surface area (Å²) in [5.74, 6) is 0.896. The van der Waals surface area contributed by atoms with Gasteiger partial charge in [-0.05, 0) is 48.9 Å². The SMILES string of the molecule is O=C1OC2(CCCCC2)CN1Cc1ccc(-c2ccc(NCCN3CCOCC3)nc2)cc1. The van der Waals surface area contributed by atoms with Crippen molar-refractivity contribution in [1.82, 2.24) is 14.8 Å². The highest BCUT2D eigenvalue weighted by atomic mass is 16.6. The van der Waals surface area contributed by atoms with Crippen molar-refractivity contribution in [2.45, 2.75) is 44.2 Å². The quantitative estimate of drug-likeness (QED) is 0.684.